The molecule has 0 amide bonds. The molecule has 15 heavy (non-hydrogen) atoms. The molecule has 3 heteroatoms. The summed E-state index contributed by atoms with van der Waals surface area (Å²) >= 11 is 0. The molecule has 0 radical (unpaired) electrons. The van der Waals surface area contributed by atoms with E-state index in [1.54, 1.807) is 0 Å². The van der Waals surface area contributed by atoms with E-state index in [1.807, 2.05) is 12.1 Å². The van der Waals surface area contributed by atoms with Gasteiger partial charge in [0.2, 0.25) is 0 Å². The fraction of sp³-hybridized carbons (Fsp3) is 0.500. The molecule has 0 fully saturated rings. The van der Waals surface area contributed by atoms with Gasteiger partial charge in [-0.2, -0.15) is 0 Å². The van der Waals surface area contributed by atoms with E-state index in [-0.39, 0.29) is 0 Å². The summed E-state index contributed by atoms with van der Waals surface area (Å²) in [6.07, 6.45) is 0. The molecule has 0 spiro atoms. The fourth-order valence-electron chi connectivity index (χ4n) is 1.42. The van der Waals surface area contributed by atoms with Crippen LogP contribution in [0, 0.1) is 6.92 Å². The van der Waals surface area contributed by atoms with E-state index in [9.17, 15) is 4.21 Å². The Morgan fingerprint density at radius 1 is 1.40 bits per heavy atom. The van der Waals surface area contributed by atoms with Gasteiger partial charge < -0.3 is 5.32 Å². The first kappa shape index (κ1) is 12.4. The van der Waals surface area contributed by atoms with E-state index < -0.39 is 10.8 Å². The number of aryl methyl sites for hydroxylation is 1. The van der Waals surface area contributed by atoms with Gasteiger partial charge in [-0.15, -0.1) is 0 Å². The normalized spacial score (nSPS) is 12.7. The van der Waals surface area contributed by atoms with Crippen molar-refractivity contribution in [1.82, 2.24) is 5.32 Å². The van der Waals surface area contributed by atoms with Crippen molar-refractivity contribution < 1.29 is 4.21 Å². The molecule has 0 aliphatic rings. The first-order valence-electron chi connectivity index (χ1n) is 5.33. The van der Waals surface area contributed by atoms with Crippen LogP contribution in [-0.2, 0) is 16.6 Å². The first-order valence-corrected chi connectivity index (χ1v) is 6.82. The van der Waals surface area contributed by atoms with Gasteiger partial charge in [-0.05, 0) is 19.0 Å². The Balaban J connectivity index is 2.37. The smallest absolute Gasteiger partial charge is 0.0486 e. The molecule has 1 N–H and O–H groups in total. The highest BCUT2D eigenvalue weighted by molar-refractivity contribution is 7.84. The summed E-state index contributed by atoms with van der Waals surface area (Å²) in [7, 11) is -0.743. The van der Waals surface area contributed by atoms with Gasteiger partial charge in [0.05, 0.1) is 0 Å². The second-order valence-electron chi connectivity index (χ2n) is 3.63. The second-order valence-corrected chi connectivity index (χ2v) is 5.21. The lowest BCUT2D eigenvalue weighted by Crippen LogP contribution is -2.20. The molecule has 0 saturated carbocycles. The third-order valence-corrected chi connectivity index (χ3v) is 3.48. The van der Waals surface area contributed by atoms with Crippen LogP contribution in [-0.4, -0.2) is 23.1 Å². The summed E-state index contributed by atoms with van der Waals surface area (Å²) in [6.45, 7) is 5.91. The molecule has 2 nitrogen and oxygen atoms in total. The van der Waals surface area contributed by atoms with Gasteiger partial charge in [0, 0.05) is 28.9 Å². The van der Waals surface area contributed by atoms with Gasteiger partial charge in [-0.25, -0.2) is 0 Å². The van der Waals surface area contributed by atoms with Gasteiger partial charge >= 0.3 is 0 Å². The van der Waals surface area contributed by atoms with Crippen LogP contribution in [0.1, 0.15) is 18.1 Å². The molecule has 84 valence electrons. The highest BCUT2D eigenvalue weighted by atomic mass is 32.2. The lowest BCUT2D eigenvalue weighted by atomic mass is 10.2. The summed E-state index contributed by atoms with van der Waals surface area (Å²) in [4.78, 5) is 0. The minimum Gasteiger partial charge on any atom is -0.316 e. The predicted molar refractivity (Wildman–Crippen MR) is 66.4 cm³/mol. The van der Waals surface area contributed by atoms with Crippen molar-refractivity contribution in [3.63, 3.8) is 0 Å². The van der Waals surface area contributed by atoms with Gasteiger partial charge in [-0.3, -0.25) is 4.21 Å². The minimum absolute atomic E-state index is 0.674. The van der Waals surface area contributed by atoms with E-state index in [4.69, 9.17) is 0 Å². The van der Waals surface area contributed by atoms with Crippen LogP contribution in [0.4, 0.5) is 0 Å². The molecule has 1 aromatic carbocycles. The Hall–Kier alpha value is -0.670. The molecule has 1 aromatic rings. The van der Waals surface area contributed by atoms with Crippen LogP contribution in [0.25, 0.3) is 0 Å². The third kappa shape index (κ3) is 5.09. The van der Waals surface area contributed by atoms with Gasteiger partial charge in [0.15, 0.2) is 0 Å². The topological polar surface area (TPSA) is 29.1 Å². The molecule has 0 saturated heterocycles. The van der Waals surface area contributed by atoms with Crippen molar-refractivity contribution in [2.75, 3.05) is 18.8 Å². The Morgan fingerprint density at radius 2 is 2.20 bits per heavy atom. The van der Waals surface area contributed by atoms with Crippen LogP contribution >= 0.6 is 0 Å². The quantitative estimate of drug-likeness (QED) is 0.749. The zero-order chi connectivity index (χ0) is 11.1. The molecule has 0 bridgehead atoms. The van der Waals surface area contributed by atoms with Crippen LogP contribution in [0.15, 0.2) is 24.3 Å². The summed E-state index contributed by atoms with van der Waals surface area (Å²) in [5.74, 6) is 1.41. The van der Waals surface area contributed by atoms with Gasteiger partial charge in [-0.1, -0.05) is 36.8 Å². The summed E-state index contributed by atoms with van der Waals surface area (Å²) in [5.41, 5.74) is 2.40. The van der Waals surface area contributed by atoms with E-state index >= 15 is 0 Å². The summed E-state index contributed by atoms with van der Waals surface area (Å²) in [5, 5.41) is 3.18. The zero-order valence-electron chi connectivity index (χ0n) is 9.45. The lowest BCUT2D eigenvalue weighted by molar-refractivity contribution is 0.676. The molecule has 1 unspecified atom stereocenters. The van der Waals surface area contributed by atoms with Crippen molar-refractivity contribution in [2.45, 2.75) is 19.6 Å². The van der Waals surface area contributed by atoms with E-state index in [0.717, 1.165) is 18.8 Å². The van der Waals surface area contributed by atoms with Crippen molar-refractivity contribution in [2.24, 2.45) is 0 Å². The molecular formula is C12H19NOS. The summed E-state index contributed by atoms with van der Waals surface area (Å²) in [6, 6.07) is 8.22. The summed E-state index contributed by atoms with van der Waals surface area (Å²) < 4.78 is 11.7. The molecule has 1 rings (SSSR count). The number of benzene rings is 1. The Bertz CT molecular complexity index is 325. The molecule has 1 atom stereocenters. The monoisotopic (exact) mass is 225 g/mol. The van der Waals surface area contributed by atoms with Crippen molar-refractivity contribution in [3.05, 3.63) is 35.4 Å². The molecule has 0 aromatic heterocycles. The van der Waals surface area contributed by atoms with Crippen molar-refractivity contribution in [3.8, 4) is 0 Å². The van der Waals surface area contributed by atoms with E-state index in [1.165, 1.54) is 11.1 Å². The van der Waals surface area contributed by atoms with Crippen LogP contribution < -0.4 is 5.32 Å². The molecule has 0 heterocycles. The highest BCUT2D eigenvalue weighted by Gasteiger charge is 2.01. The fourth-order valence-corrected chi connectivity index (χ4v) is 2.49. The van der Waals surface area contributed by atoms with Crippen LogP contribution in [0.3, 0.4) is 0 Å². The zero-order valence-corrected chi connectivity index (χ0v) is 10.3. The Labute approximate surface area is 94.5 Å². The van der Waals surface area contributed by atoms with Gasteiger partial charge in [0.1, 0.15) is 0 Å². The lowest BCUT2D eigenvalue weighted by Gasteiger charge is -2.04. The third-order valence-electron chi connectivity index (χ3n) is 2.17. The van der Waals surface area contributed by atoms with E-state index in [2.05, 4.69) is 31.3 Å². The standard InChI is InChI=1S/C12H19NOS/c1-3-13-7-8-15(14)10-12-6-4-5-11(2)9-12/h4-6,9,13H,3,7-8,10H2,1-2H3. The number of rotatable bonds is 6. The Kier molecular flexibility index (Phi) is 5.58. The number of nitrogens with one attached hydrogen (secondary N) is 1. The minimum atomic E-state index is -0.743. The second kappa shape index (κ2) is 6.75. The average Bonchev–Trinajstić information content (AvgIpc) is 2.18. The molecule has 0 aliphatic carbocycles. The SMILES string of the molecule is CCNCCS(=O)Cc1cccc(C)c1. The predicted octanol–water partition coefficient (Wildman–Crippen LogP) is 1.85. The number of hydrogen-bond acceptors (Lipinski definition) is 2. The van der Waals surface area contributed by atoms with Crippen LogP contribution in [0.2, 0.25) is 0 Å². The maximum atomic E-state index is 11.7. The highest BCUT2D eigenvalue weighted by Crippen LogP contribution is 2.06. The van der Waals surface area contributed by atoms with Crippen molar-refractivity contribution in [1.29, 1.82) is 0 Å². The average molecular weight is 225 g/mol. The van der Waals surface area contributed by atoms with Crippen LogP contribution in [0.5, 0.6) is 0 Å². The van der Waals surface area contributed by atoms with Gasteiger partial charge in [0.25, 0.3) is 0 Å². The maximum Gasteiger partial charge on any atom is 0.0486 e. The largest absolute Gasteiger partial charge is 0.316 e. The number of hydrogen-bond donors (Lipinski definition) is 1. The first-order chi connectivity index (χ1) is 7.22. The molecular weight excluding hydrogens is 206 g/mol. The maximum absolute atomic E-state index is 11.7. The Morgan fingerprint density at radius 3 is 2.87 bits per heavy atom. The van der Waals surface area contributed by atoms with E-state index in [0.29, 0.717) is 5.75 Å². The molecule has 0 aliphatic heterocycles. The van der Waals surface area contributed by atoms with Crippen molar-refractivity contribution >= 4 is 10.8 Å².